The van der Waals surface area contributed by atoms with Crippen molar-refractivity contribution in [2.24, 2.45) is 0 Å². The minimum Gasteiger partial charge on any atom is -0.447 e. The number of nitrogens with one attached hydrogen (secondary N) is 1. The second kappa shape index (κ2) is 20.5. The lowest BCUT2D eigenvalue weighted by molar-refractivity contribution is -0.0344. The number of unbranched alkanes of at least 4 members (excludes halogenated alkanes) is 13. The van der Waals surface area contributed by atoms with Gasteiger partial charge in [-0.05, 0) is 31.4 Å². The third-order valence-electron chi connectivity index (χ3n) is 6.68. The van der Waals surface area contributed by atoms with Crippen LogP contribution in [0.25, 0.3) is 0 Å². The molecule has 35 heavy (non-hydrogen) atoms. The number of hydrogen-bond donors (Lipinski definition) is 1. The smallest absolute Gasteiger partial charge is 0.407 e. The number of carbonyl (C=O) groups excluding carboxylic acids is 1. The molecule has 0 aliphatic carbocycles. The third kappa shape index (κ3) is 15.8. The number of hydrogen-bond acceptors (Lipinski definition) is 5. The number of aromatic nitrogens is 1. The zero-order chi connectivity index (χ0) is 24.8. The third-order valence-corrected chi connectivity index (χ3v) is 6.68. The quantitative estimate of drug-likeness (QED) is 0.182. The Labute approximate surface area is 213 Å². The van der Waals surface area contributed by atoms with E-state index in [1.165, 1.54) is 83.5 Å². The number of rotatable bonds is 21. The van der Waals surface area contributed by atoms with Crippen LogP contribution in [0.15, 0.2) is 24.4 Å². The lowest BCUT2D eigenvalue weighted by atomic mass is 10.0. The van der Waals surface area contributed by atoms with Crippen LogP contribution in [0.5, 0.6) is 0 Å². The maximum Gasteiger partial charge on any atom is 0.407 e. The second-order valence-electron chi connectivity index (χ2n) is 9.90. The number of pyridine rings is 1. The monoisotopic (exact) mass is 490 g/mol. The lowest BCUT2D eigenvalue weighted by Gasteiger charge is -2.14. The molecule has 0 unspecified atom stereocenters. The Kier molecular flexibility index (Phi) is 17.3. The first kappa shape index (κ1) is 29.6. The molecule has 0 aromatic carbocycles. The predicted molar refractivity (Wildman–Crippen MR) is 141 cm³/mol. The van der Waals surface area contributed by atoms with E-state index in [2.05, 4.69) is 17.2 Å². The molecule has 0 bridgehead atoms. The van der Waals surface area contributed by atoms with E-state index in [0.717, 1.165) is 31.6 Å². The van der Waals surface area contributed by atoms with Gasteiger partial charge in [0, 0.05) is 12.8 Å². The largest absolute Gasteiger partial charge is 0.447 e. The number of ether oxygens (including phenoxy) is 3. The van der Waals surface area contributed by atoms with Gasteiger partial charge < -0.3 is 19.5 Å². The van der Waals surface area contributed by atoms with E-state index in [1.54, 1.807) is 6.20 Å². The standard InChI is InChI=1S/C29H50N2O4/c1-2-3-4-5-6-7-8-9-10-11-12-13-14-17-22-33-24-27-19-20-28(35-27)25-34-29(32)31-23-26-18-15-16-21-30-26/h15-16,18,21,27-28H,2-14,17,19-20,22-25H2,1H3,(H,31,32)/t27-,28-/m0/s1. The minimum atomic E-state index is -0.434. The molecule has 1 amide bonds. The fourth-order valence-corrected chi connectivity index (χ4v) is 4.52. The molecule has 0 saturated carbocycles. The molecular weight excluding hydrogens is 440 g/mol. The molecule has 0 spiro atoms. The number of nitrogens with zero attached hydrogens (tertiary/aromatic N) is 1. The Morgan fingerprint density at radius 1 is 0.886 bits per heavy atom. The van der Waals surface area contributed by atoms with Crippen LogP contribution in [-0.4, -0.2) is 43.1 Å². The number of carbonyl (C=O) groups is 1. The van der Waals surface area contributed by atoms with Crippen LogP contribution in [0.1, 0.15) is 115 Å². The van der Waals surface area contributed by atoms with Gasteiger partial charge in [0.05, 0.1) is 31.1 Å². The summed E-state index contributed by atoms with van der Waals surface area (Å²) in [6.07, 6.45) is 22.4. The van der Waals surface area contributed by atoms with Gasteiger partial charge in [0.25, 0.3) is 0 Å². The SMILES string of the molecule is CCCCCCCCCCCCCCCCOC[C@@H]1CC[C@@H](COC(=O)NCc2ccccn2)O1. The van der Waals surface area contributed by atoms with Gasteiger partial charge in [0.15, 0.2) is 0 Å². The maximum absolute atomic E-state index is 11.9. The number of alkyl carbamates (subject to hydrolysis) is 1. The molecule has 1 fully saturated rings. The maximum atomic E-state index is 11.9. The topological polar surface area (TPSA) is 69.7 Å². The van der Waals surface area contributed by atoms with Crippen molar-refractivity contribution in [2.45, 2.75) is 128 Å². The molecule has 1 N–H and O–H groups in total. The van der Waals surface area contributed by atoms with E-state index < -0.39 is 6.09 Å². The van der Waals surface area contributed by atoms with Gasteiger partial charge in [-0.25, -0.2) is 4.79 Å². The van der Waals surface area contributed by atoms with Gasteiger partial charge >= 0.3 is 6.09 Å². The van der Waals surface area contributed by atoms with Crippen LogP contribution >= 0.6 is 0 Å². The summed E-state index contributed by atoms with van der Waals surface area (Å²) in [5.74, 6) is 0. The van der Waals surface area contributed by atoms with E-state index in [4.69, 9.17) is 14.2 Å². The summed E-state index contributed by atoms with van der Waals surface area (Å²) in [6, 6.07) is 5.60. The first-order chi connectivity index (χ1) is 17.3. The fourth-order valence-electron chi connectivity index (χ4n) is 4.52. The first-order valence-corrected chi connectivity index (χ1v) is 14.3. The van der Waals surface area contributed by atoms with Crippen molar-refractivity contribution in [3.05, 3.63) is 30.1 Å². The molecule has 6 heteroatoms. The summed E-state index contributed by atoms with van der Waals surface area (Å²) in [4.78, 5) is 16.0. The lowest BCUT2D eigenvalue weighted by Crippen LogP contribution is -2.28. The van der Waals surface area contributed by atoms with Crippen LogP contribution < -0.4 is 5.32 Å². The van der Waals surface area contributed by atoms with Crippen molar-refractivity contribution in [3.8, 4) is 0 Å². The molecule has 6 nitrogen and oxygen atoms in total. The highest BCUT2D eigenvalue weighted by molar-refractivity contribution is 5.67. The van der Waals surface area contributed by atoms with Crippen molar-refractivity contribution in [1.82, 2.24) is 10.3 Å². The summed E-state index contributed by atoms with van der Waals surface area (Å²) < 4.78 is 17.1. The highest BCUT2D eigenvalue weighted by Gasteiger charge is 2.26. The van der Waals surface area contributed by atoms with E-state index >= 15 is 0 Å². The summed E-state index contributed by atoms with van der Waals surface area (Å²) >= 11 is 0. The van der Waals surface area contributed by atoms with Gasteiger partial charge in [-0.3, -0.25) is 4.98 Å². The highest BCUT2D eigenvalue weighted by atomic mass is 16.6. The molecule has 0 radical (unpaired) electrons. The van der Waals surface area contributed by atoms with Crippen LogP contribution in [0.3, 0.4) is 0 Å². The van der Waals surface area contributed by atoms with Crippen molar-refractivity contribution in [3.63, 3.8) is 0 Å². The first-order valence-electron chi connectivity index (χ1n) is 14.3. The Morgan fingerprint density at radius 2 is 1.49 bits per heavy atom. The van der Waals surface area contributed by atoms with Crippen LogP contribution in [0.4, 0.5) is 4.79 Å². The van der Waals surface area contributed by atoms with Crippen molar-refractivity contribution >= 4 is 6.09 Å². The molecule has 2 atom stereocenters. The normalized spacial score (nSPS) is 17.5. The van der Waals surface area contributed by atoms with Gasteiger partial charge in [-0.2, -0.15) is 0 Å². The molecule has 200 valence electrons. The zero-order valence-corrected chi connectivity index (χ0v) is 22.2. The van der Waals surface area contributed by atoms with E-state index in [-0.39, 0.29) is 18.8 Å². The molecule has 2 rings (SSSR count). The average Bonchev–Trinajstić information content (AvgIpc) is 3.34. The van der Waals surface area contributed by atoms with Gasteiger partial charge in [0.1, 0.15) is 6.61 Å². The van der Waals surface area contributed by atoms with Crippen molar-refractivity contribution in [1.29, 1.82) is 0 Å². The Morgan fingerprint density at radius 3 is 2.09 bits per heavy atom. The fraction of sp³-hybridized carbons (Fsp3) is 0.793. The van der Waals surface area contributed by atoms with Crippen molar-refractivity contribution in [2.75, 3.05) is 19.8 Å². The van der Waals surface area contributed by atoms with Crippen molar-refractivity contribution < 1.29 is 19.0 Å². The predicted octanol–water partition coefficient (Wildman–Crippen LogP) is 7.35. The molecular formula is C29H50N2O4. The highest BCUT2D eigenvalue weighted by Crippen LogP contribution is 2.20. The zero-order valence-electron chi connectivity index (χ0n) is 22.2. The molecule has 1 aromatic heterocycles. The molecule has 1 saturated heterocycles. The summed E-state index contributed by atoms with van der Waals surface area (Å²) in [6.45, 7) is 4.38. The second-order valence-corrected chi connectivity index (χ2v) is 9.90. The van der Waals surface area contributed by atoms with Crippen LogP contribution in [-0.2, 0) is 20.8 Å². The summed E-state index contributed by atoms with van der Waals surface area (Å²) in [5, 5.41) is 2.72. The Hall–Kier alpha value is -1.66. The molecule has 1 aromatic rings. The van der Waals surface area contributed by atoms with Gasteiger partial charge in [0.2, 0.25) is 0 Å². The van der Waals surface area contributed by atoms with E-state index in [1.807, 2.05) is 18.2 Å². The molecule has 1 aliphatic rings. The molecule has 2 heterocycles. The average molecular weight is 491 g/mol. The Bertz CT molecular complexity index is 628. The van der Waals surface area contributed by atoms with Crippen LogP contribution in [0, 0.1) is 0 Å². The Balaban J connectivity index is 1.31. The van der Waals surface area contributed by atoms with E-state index in [0.29, 0.717) is 13.2 Å². The van der Waals surface area contributed by atoms with Crippen LogP contribution in [0.2, 0.25) is 0 Å². The minimum absolute atomic E-state index is 0.0368. The van der Waals surface area contributed by atoms with E-state index in [9.17, 15) is 4.79 Å². The number of amides is 1. The summed E-state index contributed by atoms with van der Waals surface area (Å²) in [7, 11) is 0. The van der Waals surface area contributed by atoms with Gasteiger partial charge in [-0.15, -0.1) is 0 Å². The van der Waals surface area contributed by atoms with Gasteiger partial charge in [-0.1, -0.05) is 96.5 Å². The summed E-state index contributed by atoms with van der Waals surface area (Å²) in [5.41, 5.74) is 0.803. The molecule has 1 aliphatic heterocycles.